The van der Waals surface area contributed by atoms with Crippen molar-refractivity contribution >= 4 is 21.7 Å². The molecule has 1 amide bonds. The molecule has 7 nitrogen and oxygen atoms in total. The number of guanidine groups is 1. The van der Waals surface area contributed by atoms with Crippen molar-refractivity contribution < 1.29 is 17.6 Å². The number of benzene rings is 1. The number of hydrogen-bond acceptors (Lipinski definition) is 4. The normalized spacial score (nSPS) is 11.9. The van der Waals surface area contributed by atoms with E-state index in [4.69, 9.17) is 0 Å². The second-order valence-corrected chi connectivity index (χ2v) is 7.73. The molecule has 25 heavy (non-hydrogen) atoms. The standard InChI is InChI=1S/C16H25FN4O3S/c1-4-18-16(20-8-7-19-12(2)22)21-10-14-9-15(17)6-5-13(14)11-25(3,23)24/h5-6,9H,4,7-8,10-11H2,1-3H3,(H,19,22)(H2,18,20,21). The van der Waals surface area contributed by atoms with Gasteiger partial charge in [0.15, 0.2) is 15.8 Å². The Morgan fingerprint density at radius 1 is 1.16 bits per heavy atom. The SMILES string of the molecule is CCNC(=NCc1cc(F)ccc1CS(C)(=O)=O)NCCNC(C)=O. The van der Waals surface area contributed by atoms with Crippen LogP contribution >= 0.6 is 0 Å². The Labute approximate surface area is 148 Å². The number of rotatable bonds is 8. The summed E-state index contributed by atoms with van der Waals surface area (Å²) in [4.78, 5) is 15.2. The lowest BCUT2D eigenvalue weighted by Crippen LogP contribution is -2.41. The first-order chi connectivity index (χ1) is 11.7. The quantitative estimate of drug-likeness (QED) is 0.352. The van der Waals surface area contributed by atoms with Crippen LogP contribution in [0.2, 0.25) is 0 Å². The van der Waals surface area contributed by atoms with Crippen molar-refractivity contribution in [3.63, 3.8) is 0 Å². The molecular weight excluding hydrogens is 347 g/mol. The van der Waals surface area contributed by atoms with Gasteiger partial charge in [0.2, 0.25) is 5.91 Å². The minimum absolute atomic E-state index is 0.117. The topological polar surface area (TPSA) is 99.7 Å². The molecule has 0 aromatic heterocycles. The average Bonchev–Trinajstić information content (AvgIpc) is 2.49. The van der Waals surface area contributed by atoms with Crippen LogP contribution in [-0.2, 0) is 26.9 Å². The summed E-state index contributed by atoms with van der Waals surface area (Å²) < 4.78 is 36.5. The molecular formula is C16H25FN4O3S. The van der Waals surface area contributed by atoms with Gasteiger partial charge in [0, 0.05) is 32.8 Å². The Morgan fingerprint density at radius 2 is 1.84 bits per heavy atom. The van der Waals surface area contributed by atoms with Gasteiger partial charge in [0.25, 0.3) is 0 Å². The van der Waals surface area contributed by atoms with Gasteiger partial charge >= 0.3 is 0 Å². The molecule has 3 N–H and O–H groups in total. The number of nitrogens with zero attached hydrogens (tertiary/aromatic N) is 1. The number of sulfone groups is 1. The van der Waals surface area contributed by atoms with E-state index < -0.39 is 15.7 Å². The highest BCUT2D eigenvalue weighted by molar-refractivity contribution is 7.89. The van der Waals surface area contributed by atoms with Crippen LogP contribution in [0.25, 0.3) is 0 Å². The zero-order chi connectivity index (χ0) is 18.9. The lowest BCUT2D eigenvalue weighted by molar-refractivity contribution is -0.118. The van der Waals surface area contributed by atoms with Gasteiger partial charge in [-0.05, 0) is 30.2 Å². The van der Waals surface area contributed by atoms with E-state index in [1.54, 1.807) is 0 Å². The van der Waals surface area contributed by atoms with E-state index in [1.807, 2.05) is 6.92 Å². The molecule has 0 spiro atoms. The molecule has 1 rings (SSSR count). The monoisotopic (exact) mass is 372 g/mol. The van der Waals surface area contributed by atoms with E-state index in [0.717, 1.165) is 6.26 Å². The van der Waals surface area contributed by atoms with Gasteiger partial charge in [0.1, 0.15) is 5.82 Å². The van der Waals surface area contributed by atoms with Gasteiger partial charge < -0.3 is 16.0 Å². The van der Waals surface area contributed by atoms with E-state index in [2.05, 4.69) is 20.9 Å². The molecule has 0 saturated carbocycles. The predicted octanol–water partition coefficient (Wildman–Crippen LogP) is 0.562. The Kier molecular flexibility index (Phi) is 8.33. The molecule has 0 fully saturated rings. The summed E-state index contributed by atoms with van der Waals surface area (Å²) in [6.45, 7) is 5.03. The summed E-state index contributed by atoms with van der Waals surface area (Å²) in [5.74, 6) is -0.215. The first-order valence-corrected chi connectivity index (χ1v) is 9.99. The molecule has 140 valence electrons. The van der Waals surface area contributed by atoms with Crippen LogP contribution in [0.15, 0.2) is 23.2 Å². The largest absolute Gasteiger partial charge is 0.357 e. The van der Waals surface area contributed by atoms with Crippen LogP contribution in [0, 0.1) is 5.82 Å². The minimum Gasteiger partial charge on any atom is -0.357 e. The van der Waals surface area contributed by atoms with Crippen LogP contribution in [-0.4, -0.2) is 46.2 Å². The van der Waals surface area contributed by atoms with Gasteiger partial charge in [-0.1, -0.05) is 6.07 Å². The van der Waals surface area contributed by atoms with E-state index in [9.17, 15) is 17.6 Å². The van der Waals surface area contributed by atoms with Crippen LogP contribution in [0.4, 0.5) is 4.39 Å². The molecule has 1 aromatic rings. The third-order valence-corrected chi connectivity index (χ3v) is 3.96. The lowest BCUT2D eigenvalue weighted by Gasteiger charge is -2.12. The molecule has 9 heteroatoms. The molecule has 0 heterocycles. The van der Waals surface area contributed by atoms with Gasteiger partial charge in [-0.15, -0.1) is 0 Å². The number of amides is 1. The zero-order valence-electron chi connectivity index (χ0n) is 14.7. The van der Waals surface area contributed by atoms with Crippen molar-refractivity contribution in [1.82, 2.24) is 16.0 Å². The van der Waals surface area contributed by atoms with Crippen LogP contribution in [0.5, 0.6) is 0 Å². The maximum absolute atomic E-state index is 13.5. The number of hydrogen-bond donors (Lipinski definition) is 3. The van der Waals surface area contributed by atoms with Crippen molar-refractivity contribution in [2.45, 2.75) is 26.1 Å². The Hall–Kier alpha value is -2.16. The summed E-state index contributed by atoms with van der Waals surface area (Å²) in [7, 11) is -3.23. The van der Waals surface area contributed by atoms with Gasteiger partial charge in [-0.25, -0.2) is 17.8 Å². The summed E-state index contributed by atoms with van der Waals surface area (Å²) in [6.07, 6.45) is 1.14. The van der Waals surface area contributed by atoms with Gasteiger partial charge in [-0.2, -0.15) is 0 Å². The smallest absolute Gasteiger partial charge is 0.216 e. The summed E-state index contributed by atoms with van der Waals surface area (Å²) in [6, 6.07) is 4.01. The Bertz CT molecular complexity index is 720. The van der Waals surface area contributed by atoms with Gasteiger partial charge in [-0.3, -0.25) is 4.79 Å². The van der Waals surface area contributed by atoms with Crippen molar-refractivity contribution in [3.05, 3.63) is 35.1 Å². The highest BCUT2D eigenvalue weighted by atomic mass is 32.2. The molecule has 0 unspecified atom stereocenters. The maximum Gasteiger partial charge on any atom is 0.216 e. The summed E-state index contributed by atoms with van der Waals surface area (Å²) >= 11 is 0. The Balaban J connectivity index is 2.83. The lowest BCUT2D eigenvalue weighted by atomic mass is 10.1. The number of aliphatic imine (C=N–C) groups is 1. The molecule has 1 aromatic carbocycles. The summed E-state index contributed by atoms with van der Waals surface area (Å²) in [5.41, 5.74) is 1.05. The number of carbonyl (C=O) groups excluding carboxylic acids is 1. The van der Waals surface area contributed by atoms with Crippen LogP contribution < -0.4 is 16.0 Å². The van der Waals surface area contributed by atoms with E-state index >= 15 is 0 Å². The highest BCUT2D eigenvalue weighted by Crippen LogP contribution is 2.15. The zero-order valence-corrected chi connectivity index (χ0v) is 15.5. The van der Waals surface area contributed by atoms with Crippen LogP contribution in [0.1, 0.15) is 25.0 Å². The molecule has 0 radical (unpaired) electrons. The molecule has 0 aliphatic heterocycles. The second kappa shape index (κ2) is 9.97. The van der Waals surface area contributed by atoms with Crippen molar-refractivity contribution in [2.75, 3.05) is 25.9 Å². The molecule has 0 aliphatic carbocycles. The highest BCUT2D eigenvalue weighted by Gasteiger charge is 2.10. The first kappa shape index (κ1) is 20.9. The molecule has 0 saturated heterocycles. The average molecular weight is 372 g/mol. The fraction of sp³-hybridized carbons (Fsp3) is 0.500. The molecule has 0 aliphatic rings. The fourth-order valence-electron chi connectivity index (χ4n) is 2.09. The Morgan fingerprint density at radius 3 is 2.44 bits per heavy atom. The molecule has 0 bridgehead atoms. The number of nitrogens with one attached hydrogen (secondary N) is 3. The van der Waals surface area contributed by atoms with E-state index in [-0.39, 0.29) is 18.2 Å². The van der Waals surface area contributed by atoms with Crippen molar-refractivity contribution in [3.8, 4) is 0 Å². The van der Waals surface area contributed by atoms with E-state index in [0.29, 0.717) is 36.7 Å². The first-order valence-electron chi connectivity index (χ1n) is 7.93. The summed E-state index contributed by atoms with van der Waals surface area (Å²) in [5, 5.41) is 8.74. The van der Waals surface area contributed by atoms with Gasteiger partial charge in [0.05, 0.1) is 12.3 Å². The van der Waals surface area contributed by atoms with E-state index in [1.165, 1.54) is 25.1 Å². The minimum atomic E-state index is -3.23. The second-order valence-electron chi connectivity index (χ2n) is 5.59. The van der Waals surface area contributed by atoms with Crippen LogP contribution in [0.3, 0.4) is 0 Å². The predicted molar refractivity (Wildman–Crippen MR) is 96.4 cm³/mol. The third kappa shape index (κ3) is 9.04. The van der Waals surface area contributed by atoms with Crippen molar-refractivity contribution in [2.24, 2.45) is 4.99 Å². The fourth-order valence-corrected chi connectivity index (χ4v) is 2.94. The maximum atomic E-state index is 13.5. The number of carbonyl (C=O) groups is 1. The van der Waals surface area contributed by atoms with Crippen molar-refractivity contribution in [1.29, 1.82) is 0 Å². The number of halogens is 1. The molecule has 0 atom stereocenters. The third-order valence-electron chi connectivity index (χ3n) is 3.13.